The van der Waals surface area contributed by atoms with Crippen LogP contribution < -0.4 is 10.6 Å². The number of hydrogen-bond donors (Lipinski definition) is 2. The van der Waals surface area contributed by atoms with Crippen LogP contribution in [0.2, 0.25) is 5.02 Å². The molecule has 0 aromatic heterocycles. The number of halogens is 4. The molecule has 16 heavy (non-hydrogen) atoms. The maximum atomic E-state index is 13.6. The van der Waals surface area contributed by atoms with Crippen molar-refractivity contribution in [1.29, 1.82) is 0 Å². The van der Waals surface area contributed by atoms with E-state index >= 15 is 0 Å². The Morgan fingerprint density at radius 1 is 1.25 bits per heavy atom. The number of hydrogen-bond acceptors (Lipinski definition) is 2. The summed E-state index contributed by atoms with van der Waals surface area (Å²) in [6.45, 7) is 2.00. The molecule has 0 saturated carbocycles. The molecule has 2 N–H and O–H groups in total. The summed E-state index contributed by atoms with van der Waals surface area (Å²) >= 11 is 5.62. The highest BCUT2D eigenvalue weighted by Crippen LogP contribution is 2.26. The van der Waals surface area contributed by atoms with Crippen molar-refractivity contribution in [3.05, 3.63) is 34.4 Å². The first kappa shape index (κ1) is 13.6. The van der Waals surface area contributed by atoms with Gasteiger partial charge in [-0.3, -0.25) is 0 Å². The van der Waals surface area contributed by atoms with E-state index in [1.165, 1.54) is 12.1 Å². The summed E-state index contributed by atoms with van der Waals surface area (Å²) in [4.78, 5) is 0. The van der Waals surface area contributed by atoms with Crippen LogP contribution in [-0.4, -0.2) is 19.6 Å². The number of piperazine rings is 1. The minimum Gasteiger partial charge on any atom is -0.314 e. The molecule has 6 heteroatoms. The summed E-state index contributed by atoms with van der Waals surface area (Å²) in [5.74, 6) is -1.23. The van der Waals surface area contributed by atoms with Gasteiger partial charge < -0.3 is 10.6 Å². The van der Waals surface area contributed by atoms with E-state index in [1.807, 2.05) is 0 Å². The van der Waals surface area contributed by atoms with Crippen LogP contribution in [0, 0.1) is 11.6 Å². The molecule has 1 aromatic carbocycles. The lowest BCUT2D eigenvalue weighted by Crippen LogP contribution is -2.43. The van der Waals surface area contributed by atoms with Crippen LogP contribution in [0.4, 0.5) is 8.78 Å². The molecule has 1 atom stereocenters. The standard InChI is InChI=1S/C10H11ClF2N2.ClH/c11-6-1-2-7(12)9(10(6)13)8-5-14-3-4-15-8;/h1-2,8,14-15H,3-5H2;1H/t8-;/m1./s1. The van der Waals surface area contributed by atoms with Gasteiger partial charge in [-0.25, -0.2) is 8.78 Å². The van der Waals surface area contributed by atoms with Crippen LogP contribution in [0.15, 0.2) is 12.1 Å². The van der Waals surface area contributed by atoms with E-state index in [2.05, 4.69) is 10.6 Å². The van der Waals surface area contributed by atoms with Gasteiger partial charge in [0.25, 0.3) is 0 Å². The Morgan fingerprint density at radius 3 is 2.62 bits per heavy atom. The van der Waals surface area contributed by atoms with Gasteiger partial charge in [0.2, 0.25) is 0 Å². The molecular weight excluding hydrogens is 257 g/mol. The Morgan fingerprint density at radius 2 is 2.00 bits per heavy atom. The normalized spacial score (nSPS) is 20.3. The third-order valence-corrected chi connectivity index (χ3v) is 2.76. The molecule has 0 bridgehead atoms. The molecule has 2 nitrogen and oxygen atoms in total. The monoisotopic (exact) mass is 268 g/mol. The fourth-order valence-corrected chi connectivity index (χ4v) is 1.88. The van der Waals surface area contributed by atoms with Crippen molar-refractivity contribution in [3.63, 3.8) is 0 Å². The van der Waals surface area contributed by atoms with Crippen LogP contribution in [0.1, 0.15) is 11.6 Å². The van der Waals surface area contributed by atoms with E-state index in [-0.39, 0.29) is 29.0 Å². The molecule has 0 amide bonds. The number of rotatable bonds is 1. The topological polar surface area (TPSA) is 24.1 Å². The third-order valence-electron chi connectivity index (χ3n) is 2.47. The van der Waals surface area contributed by atoms with Gasteiger partial charge in [0.1, 0.15) is 11.6 Å². The Kier molecular flexibility index (Phi) is 4.92. The van der Waals surface area contributed by atoms with Gasteiger partial charge in [0.15, 0.2) is 0 Å². The average Bonchev–Trinajstić information content (AvgIpc) is 2.26. The highest BCUT2D eigenvalue weighted by Gasteiger charge is 2.23. The lowest BCUT2D eigenvalue weighted by molar-refractivity contribution is 0.401. The highest BCUT2D eigenvalue weighted by molar-refractivity contribution is 6.30. The smallest absolute Gasteiger partial charge is 0.149 e. The first-order chi connectivity index (χ1) is 7.20. The van der Waals surface area contributed by atoms with Crippen molar-refractivity contribution >= 4 is 24.0 Å². The fraction of sp³-hybridized carbons (Fsp3) is 0.400. The Hall–Kier alpha value is -0.420. The van der Waals surface area contributed by atoms with Crippen LogP contribution in [0.25, 0.3) is 0 Å². The lowest BCUT2D eigenvalue weighted by atomic mass is 10.0. The van der Waals surface area contributed by atoms with Crippen molar-refractivity contribution in [2.75, 3.05) is 19.6 Å². The van der Waals surface area contributed by atoms with Crippen molar-refractivity contribution in [2.45, 2.75) is 6.04 Å². The van der Waals surface area contributed by atoms with Crippen LogP contribution >= 0.6 is 24.0 Å². The minimum atomic E-state index is -0.669. The van der Waals surface area contributed by atoms with Gasteiger partial charge in [-0.1, -0.05) is 11.6 Å². The summed E-state index contributed by atoms with van der Waals surface area (Å²) in [7, 11) is 0. The van der Waals surface area contributed by atoms with Gasteiger partial charge in [0, 0.05) is 25.2 Å². The molecule has 0 aliphatic carbocycles. The van der Waals surface area contributed by atoms with Crippen molar-refractivity contribution < 1.29 is 8.78 Å². The molecule has 0 radical (unpaired) electrons. The molecule has 1 aliphatic rings. The quantitative estimate of drug-likeness (QED) is 0.764. The zero-order valence-corrected chi connectivity index (χ0v) is 9.97. The molecule has 1 fully saturated rings. The maximum absolute atomic E-state index is 13.6. The van der Waals surface area contributed by atoms with Crippen molar-refractivity contribution in [2.24, 2.45) is 0 Å². The molecule has 1 heterocycles. The molecule has 1 aromatic rings. The Balaban J connectivity index is 0.00000128. The van der Waals surface area contributed by atoms with E-state index in [4.69, 9.17) is 11.6 Å². The Bertz CT molecular complexity index is 368. The predicted octanol–water partition coefficient (Wildman–Crippen LogP) is 2.27. The SMILES string of the molecule is Cl.Fc1ccc(Cl)c(F)c1[C@H]1CNCCN1. The summed E-state index contributed by atoms with van der Waals surface area (Å²) in [6, 6.07) is 2.07. The maximum Gasteiger partial charge on any atom is 0.149 e. The molecule has 90 valence electrons. The highest BCUT2D eigenvalue weighted by atomic mass is 35.5. The van der Waals surface area contributed by atoms with Gasteiger partial charge in [-0.2, -0.15) is 0 Å². The molecular formula is C10H12Cl2F2N2. The van der Waals surface area contributed by atoms with E-state index in [9.17, 15) is 8.78 Å². The molecule has 1 saturated heterocycles. The number of nitrogens with one attached hydrogen (secondary N) is 2. The zero-order chi connectivity index (χ0) is 10.8. The average molecular weight is 269 g/mol. The van der Waals surface area contributed by atoms with Crippen LogP contribution in [0.5, 0.6) is 0 Å². The van der Waals surface area contributed by atoms with Crippen molar-refractivity contribution in [1.82, 2.24) is 10.6 Å². The fourth-order valence-electron chi connectivity index (χ4n) is 1.72. The lowest BCUT2D eigenvalue weighted by Gasteiger charge is -2.25. The predicted molar refractivity (Wildman–Crippen MR) is 62.2 cm³/mol. The van der Waals surface area contributed by atoms with Crippen molar-refractivity contribution in [3.8, 4) is 0 Å². The second-order valence-corrected chi connectivity index (χ2v) is 3.87. The molecule has 1 aliphatic heterocycles. The second kappa shape index (κ2) is 5.77. The van der Waals surface area contributed by atoms with E-state index in [0.29, 0.717) is 13.1 Å². The minimum absolute atomic E-state index is 0. The van der Waals surface area contributed by atoms with Gasteiger partial charge in [-0.15, -0.1) is 12.4 Å². The number of benzene rings is 1. The third kappa shape index (κ3) is 2.63. The Labute approximate surface area is 104 Å². The van der Waals surface area contributed by atoms with Gasteiger partial charge >= 0.3 is 0 Å². The summed E-state index contributed by atoms with van der Waals surface area (Å²) in [5, 5.41) is 6.07. The summed E-state index contributed by atoms with van der Waals surface area (Å²) < 4.78 is 27.1. The van der Waals surface area contributed by atoms with E-state index in [1.54, 1.807) is 0 Å². The van der Waals surface area contributed by atoms with Crippen LogP contribution in [-0.2, 0) is 0 Å². The first-order valence-electron chi connectivity index (χ1n) is 4.77. The zero-order valence-electron chi connectivity index (χ0n) is 8.40. The van der Waals surface area contributed by atoms with Crippen LogP contribution in [0.3, 0.4) is 0 Å². The summed E-state index contributed by atoms with van der Waals surface area (Å²) in [5.41, 5.74) is 0.0229. The summed E-state index contributed by atoms with van der Waals surface area (Å²) in [6.07, 6.45) is 0. The second-order valence-electron chi connectivity index (χ2n) is 3.47. The molecule has 2 rings (SSSR count). The molecule has 0 spiro atoms. The van der Waals surface area contributed by atoms with Gasteiger partial charge in [-0.05, 0) is 12.1 Å². The van der Waals surface area contributed by atoms with Gasteiger partial charge in [0.05, 0.1) is 11.1 Å². The van der Waals surface area contributed by atoms with E-state index < -0.39 is 11.6 Å². The molecule has 0 unspecified atom stereocenters. The van der Waals surface area contributed by atoms with E-state index in [0.717, 1.165) is 6.54 Å². The first-order valence-corrected chi connectivity index (χ1v) is 5.15. The largest absolute Gasteiger partial charge is 0.314 e.